The Kier molecular flexibility index (Phi) is 5.36. The highest BCUT2D eigenvalue weighted by Crippen LogP contribution is 2.08. The molecular weight excluding hydrogens is 208 g/mol. The van der Waals surface area contributed by atoms with Gasteiger partial charge in [-0.3, -0.25) is 4.79 Å². The maximum absolute atomic E-state index is 11.4. The predicted molar refractivity (Wildman–Crippen MR) is 64.2 cm³/mol. The van der Waals surface area contributed by atoms with Gasteiger partial charge in [-0.25, -0.2) is 0 Å². The SMILES string of the molecule is CN(C)CCCNC(=O)Cc1cccs1. The van der Waals surface area contributed by atoms with Crippen LogP contribution in [0.2, 0.25) is 0 Å². The number of amides is 1. The molecule has 0 unspecified atom stereocenters. The molecule has 0 aliphatic rings. The summed E-state index contributed by atoms with van der Waals surface area (Å²) in [6, 6.07) is 3.96. The first-order chi connectivity index (χ1) is 7.18. The third-order valence-electron chi connectivity index (χ3n) is 2.02. The van der Waals surface area contributed by atoms with E-state index in [1.807, 2.05) is 31.6 Å². The molecule has 3 nitrogen and oxygen atoms in total. The fraction of sp³-hybridized carbons (Fsp3) is 0.545. The zero-order valence-electron chi connectivity index (χ0n) is 9.32. The normalized spacial score (nSPS) is 10.6. The lowest BCUT2D eigenvalue weighted by molar-refractivity contribution is -0.120. The second kappa shape index (κ2) is 6.58. The molecule has 1 aromatic heterocycles. The number of nitrogens with zero attached hydrogens (tertiary/aromatic N) is 1. The monoisotopic (exact) mass is 226 g/mol. The van der Waals surface area contributed by atoms with Crippen LogP contribution in [0.1, 0.15) is 11.3 Å². The van der Waals surface area contributed by atoms with E-state index in [9.17, 15) is 4.79 Å². The average Bonchev–Trinajstić information content (AvgIpc) is 2.64. The molecule has 15 heavy (non-hydrogen) atoms. The lowest BCUT2D eigenvalue weighted by Gasteiger charge is -2.09. The summed E-state index contributed by atoms with van der Waals surface area (Å²) in [5, 5.41) is 4.91. The van der Waals surface area contributed by atoms with Crippen molar-refractivity contribution in [3.63, 3.8) is 0 Å². The standard InChI is InChI=1S/C11H18N2OS/c1-13(2)7-4-6-12-11(14)9-10-5-3-8-15-10/h3,5,8H,4,6-7,9H2,1-2H3,(H,12,14). The van der Waals surface area contributed by atoms with Gasteiger partial charge in [0, 0.05) is 11.4 Å². The van der Waals surface area contributed by atoms with E-state index in [2.05, 4.69) is 10.2 Å². The molecule has 0 aromatic carbocycles. The molecule has 0 radical (unpaired) electrons. The third kappa shape index (κ3) is 5.54. The van der Waals surface area contributed by atoms with Gasteiger partial charge < -0.3 is 10.2 Å². The van der Waals surface area contributed by atoms with Crippen LogP contribution in [-0.2, 0) is 11.2 Å². The number of carbonyl (C=O) groups excluding carboxylic acids is 1. The molecule has 1 N–H and O–H groups in total. The zero-order chi connectivity index (χ0) is 11.1. The predicted octanol–water partition coefficient (Wildman–Crippen LogP) is 1.36. The van der Waals surface area contributed by atoms with Gasteiger partial charge in [-0.05, 0) is 38.5 Å². The summed E-state index contributed by atoms with van der Waals surface area (Å²) in [5.41, 5.74) is 0. The van der Waals surface area contributed by atoms with Crippen molar-refractivity contribution >= 4 is 17.2 Å². The molecule has 0 bridgehead atoms. The molecule has 1 amide bonds. The van der Waals surface area contributed by atoms with Gasteiger partial charge in [0.1, 0.15) is 0 Å². The molecule has 1 aromatic rings. The number of thiophene rings is 1. The Bertz CT molecular complexity index is 283. The van der Waals surface area contributed by atoms with Gasteiger partial charge in [-0.2, -0.15) is 0 Å². The van der Waals surface area contributed by atoms with Crippen LogP contribution in [0.4, 0.5) is 0 Å². The van der Waals surface area contributed by atoms with E-state index in [1.165, 1.54) is 0 Å². The van der Waals surface area contributed by atoms with Gasteiger partial charge in [0.15, 0.2) is 0 Å². The Morgan fingerprint density at radius 2 is 2.33 bits per heavy atom. The molecule has 0 atom stereocenters. The van der Waals surface area contributed by atoms with Crippen LogP contribution < -0.4 is 5.32 Å². The van der Waals surface area contributed by atoms with Crippen molar-refractivity contribution in [2.24, 2.45) is 0 Å². The second-order valence-electron chi connectivity index (χ2n) is 3.76. The van der Waals surface area contributed by atoms with Gasteiger partial charge in [-0.15, -0.1) is 11.3 Å². The van der Waals surface area contributed by atoms with Gasteiger partial charge >= 0.3 is 0 Å². The highest BCUT2D eigenvalue weighted by molar-refractivity contribution is 7.10. The Balaban J connectivity index is 2.09. The van der Waals surface area contributed by atoms with Crippen LogP contribution >= 0.6 is 11.3 Å². The molecule has 0 aliphatic heterocycles. The quantitative estimate of drug-likeness (QED) is 0.743. The number of nitrogens with one attached hydrogen (secondary N) is 1. The minimum Gasteiger partial charge on any atom is -0.356 e. The van der Waals surface area contributed by atoms with Crippen molar-refractivity contribution < 1.29 is 4.79 Å². The average molecular weight is 226 g/mol. The molecule has 0 fully saturated rings. The summed E-state index contributed by atoms with van der Waals surface area (Å²) in [6.07, 6.45) is 1.52. The summed E-state index contributed by atoms with van der Waals surface area (Å²) < 4.78 is 0. The maximum atomic E-state index is 11.4. The van der Waals surface area contributed by atoms with Gasteiger partial charge in [0.2, 0.25) is 5.91 Å². The molecular formula is C11H18N2OS. The molecule has 1 rings (SSSR count). The fourth-order valence-corrected chi connectivity index (χ4v) is 1.96. The van der Waals surface area contributed by atoms with Crippen LogP contribution in [0.25, 0.3) is 0 Å². The first-order valence-corrected chi connectivity index (χ1v) is 6.00. The number of hydrogen-bond acceptors (Lipinski definition) is 3. The van der Waals surface area contributed by atoms with E-state index < -0.39 is 0 Å². The Hall–Kier alpha value is -0.870. The van der Waals surface area contributed by atoms with E-state index in [1.54, 1.807) is 11.3 Å². The van der Waals surface area contributed by atoms with Crippen molar-refractivity contribution in [1.82, 2.24) is 10.2 Å². The van der Waals surface area contributed by atoms with Crippen molar-refractivity contribution in [1.29, 1.82) is 0 Å². The van der Waals surface area contributed by atoms with Crippen LogP contribution in [0.15, 0.2) is 17.5 Å². The van der Waals surface area contributed by atoms with E-state index in [0.29, 0.717) is 6.42 Å². The molecule has 0 saturated carbocycles. The van der Waals surface area contributed by atoms with E-state index in [-0.39, 0.29) is 5.91 Å². The fourth-order valence-electron chi connectivity index (χ4n) is 1.26. The Labute approximate surface area is 95.1 Å². The number of rotatable bonds is 6. The van der Waals surface area contributed by atoms with Crippen LogP contribution in [-0.4, -0.2) is 38.0 Å². The zero-order valence-corrected chi connectivity index (χ0v) is 10.1. The van der Waals surface area contributed by atoms with Gasteiger partial charge in [0.05, 0.1) is 6.42 Å². The van der Waals surface area contributed by atoms with Crippen LogP contribution in [0.3, 0.4) is 0 Å². The molecule has 4 heteroatoms. The van der Waals surface area contributed by atoms with Gasteiger partial charge in [-0.1, -0.05) is 6.07 Å². The highest BCUT2D eigenvalue weighted by Gasteiger charge is 2.02. The van der Waals surface area contributed by atoms with E-state index >= 15 is 0 Å². The molecule has 1 heterocycles. The summed E-state index contributed by atoms with van der Waals surface area (Å²) in [4.78, 5) is 14.7. The van der Waals surface area contributed by atoms with E-state index in [0.717, 1.165) is 24.4 Å². The molecule has 0 saturated heterocycles. The number of carbonyl (C=O) groups is 1. The Morgan fingerprint density at radius 3 is 2.93 bits per heavy atom. The molecule has 0 spiro atoms. The van der Waals surface area contributed by atoms with Crippen molar-refractivity contribution in [2.75, 3.05) is 27.2 Å². The number of hydrogen-bond donors (Lipinski definition) is 1. The second-order valence-corrected chi connectivity index (χ2v) is 4.80. The van der Waals surface area contributed by atoms with Gasteiger partial charge in [0.25, 0.3) is 0 Å². The summed E-state index contributed by atoms with van der Waals surface area (Å²) in [5.74, 6) is 0.121. The van der Waals surface area contributed by atoms with Crippen LogP contribution in [0.5, 0.6) is 0 Å². The smallest absolute Gasteiger partial charge is 0.225 e. The highest BCUT2D eigenvalue weighted by atomic mass is 32.1. The van der Waals surface area contributed by atoms with E-state index in [4.69, 9.17) is 0 Å². The first kappa shape index (κ1) is 12.2. The first-order valence-electron chi connectivity index (χ1n) is 5.12. The lowest BCUT2D eigenvalue weighted by Crippen LogP contribution is -2.28. The van der Waals surface area contributed by atoms with Crippen molar-refractivity contribution in [3.8, 4) is 0 Å². The third-order valence-corrected chi connectivity index (χ3v) is 2.90. The molecule has 84 valence electrons. The Morgan fingerprint density at radius 1 is 1.53 bits per heavy atom. The molecule has 0 aliphatic carbocycles. The summed E-state index contributed by atoms with van der Waals surface area (Å²) in [7, 11) is 4.07. The summed E-state index contributed by atoms with van der Waals surface area (Å²) >= 11 is 1.63. The minimum atomic E-state index is 0.121. The summed E-state index contributed by atoms with van der Waals surface area (Å²) in [6.45, 7) is 1.78. The van der Waals surface area contributed by atoms with Crippen molar-refractivity contribution in [3.05, 3.63) is 22.4 Å². The minimum absolute atomic E-state index is 0.121. The largest absolute Gasteiger partial charge is 0.356 e. The lowest BCUT2D eigenvalue weighted by atomic mass is 10.3. The van der Waals surface area contributed by atoms with Crippen LogP contribution in [0, 0.1) is 0 Å². The van der Waals surface area contributed by atoms with Crippen molar-refractivity contribution in [2.45, 2.75) is 12.8 Å². The topological polar surface area (TPSA) is 32.3 Å². The maximum Gasteiger partial charge on any atom is 0.225 e.